The number of ether oxygens (including phenoxy) is 1. The van der Waals surface area contributed by atoms with Crippen molar-refractivity contribution in [3.63, 3.8) is 0 Å². The summed E-state index contributed by atoms with van der Waals surface area (Å²) in [6, 6.07) is 16.1. The number of piperidine rings is 1. The molecule has 6 rings (SSSR count). The van der Waals surface area contributed by atoms with Crippen LogP contribution in [0.2, 0.25) is 0 Å². The van der Waals surface area contributed by atoms with E-state index in [1.807, 2.05) is 70.2 Å². The second-order valence-corrected chi connectivity index (χ2v) is 9.94. The number of benzene rings is 1. The largest absolute Gasteiger partial charge is 0.483 e. The van der Waals surface area contributed by atoms with Gasteiger partial charge in [0.25, 0.3) is 5.91 Å². The van der Waals surface area contributed by atoms with Gasteiger partial charge in [0.2, 0.25) is 0 Å². The van der Waals surface area contributed by atoms with Crippen LogP contribution in [0.4, 0.5) is 5.82 Å². The van der Waals surface area contributed by atoms with Crippen LogP contribution in [0, 0.1) is 0 Å². The topological polar surface area (TPSA) is 89.0 Å². The first-order valence-electron chi connectivity index (χ1n) is 13.1. The molecule has 2 N–H and O–H groups in total. The van der Waals surface area contributed by atoms with Crippen LogP contribution in [-0.4, -0.2) is 62.3 Å². The first-order valence-corrected chi connectivity index (χ1v) is 13.1. The highest BCUT2D eigenvalue weighted by Gasteiger charge is 2.28. The Kier molecular flexibility index (Phi) is 6.49. The van der Waals surface area contributed by atoms with Crippen molar-refractivity contribution in [3.05, 3.63) is 78.4 Å². The van der Waals surface area contributed by atoms with E-state index >= 15 is 0 Å². The quantitative estimate of drug-likeness (QED) is 0.429. The number of likely N-dealkylation sites (tertiary alicyclic amines) is 2. The summed E-state index contributed by atoms with van der Waals surface area (Å²) in [5.74, 6) is 0.950. The summed E-state index contributed by atoms with van der Waals surface area (Å²) < 4.78 is 7.93. The van der Waals surface area contributed by atoms with Crippen molar-refractivity contribution >= 4 is 17.4 Å². The van der Waals surface area contributed by atoms with E-state index in [0.717, 1.165) is 54.0 Å². The Labute approximate surface area is 216 Å². The summed E-state index contributed by atoms with van der Waals surface area (Å²) in [5, 5.41) is 0. The highest BCUT2D eigenvalue weighted by atomic mass is 16.5. The van der Waals surface area contributed by atoms with Crippen molar-refractivity contribution in [1.29, 1.82) is 0 Å². The predicted molar refractivity (Wildman–Crippen MR) is 143 cm³/mol. The van der Waals surface area contributed by atoms with Crippen molar-refractivity contribution in [2.24, 2.45) is 0 Å². The molecule has 2 aliphatic rings. The fourth-order valence-corrected chi connectivity index (χ4v) is 5.47. The van der Waals surface area contributed by atoms with E-state index in [4.69, 9.17) is 10.5 Å². The number of pyridine rings is 2. The van der Waals surface area contributed by atoms with Gasteiger partial charge >= 0.3 is 0 Å². The molecule has 3 aromatic heterocycles. The average molecular weight is 497 g/mol. The van der Waals surface area contributed by atoms with Gasteiger partial charge in [-0.25, -0.2) is 9.97 Å². The van der Waals surface area contributed by atoms with Gasteiger partial charge in [-0.15, -0.1) is 0 Å². The normalized spacial score (nSPS) is 16.9. The SMILES string of the molecule is Nc1ncc(-c2ccc(C(=O)N3CCC(N4CCCC4)CC3)cc2)cc1OCc1cn2ccccc2n1. The Balaban J connectivity index is 1.10. The van der Waals surface area contributed by atoms with E-state index in [9.17, 15) is 4.79 Å². The second kappa shape index (κ2) is 10.2. The number of fused-ring (bicyclic) bond motifs is 1. The summed E-state index contributed by atoms with van der Waals surface area (Å²) in [7, 11) is 0. The Morgan fingerprint density at radius 3 is 2.54 bits per heavy atom. The van der Waals surface area contributed by atoms with Gasteiger partial charge in [-0.3, -0.25) is 4.79 Å². The molecule has 8 heteroatoms. The molecular weight excluding hydrogens is 464 g/mol. The standard InChI is InChI=1S/C29H32N6O2/c30-28-26(37-20-24-19-35-14-2-1-5-27(35)32-24)17-23(18-31-28)21-6-8-22(9-7-21)29(36)34-15-10-25(11-16-34)33-12-3-4-13-33/h1-2,5-9,14,17-19,25H,3-4,10-13,15-16,20H2,(H2,30,31). The van der Waals surface area contributed by atoms with Gasteiger partial charge in [0.15, 0.2) is 11.6 Å². The molecule has 2 saturated heterocycles. The molecule has 2 fully saturated rings. The molecule has 0 bridgehead atoms. The minimum atomic E-state index is 0.110. The molecular formula is C29H32N6O2. The van der Waals surface area contributed by atoms with E-state index in [2.05, 4.69) is 14.9 Å². The van der Waals surface area contributed by atoms with Gasteiger partial charge in [0.1, 0.15) is 12.3 Å². The van der Waals surface area contributed by atoms with Crippen LogP contribution in [0.25, 0.3) is 16.8 Å². The van der Waals surface area contributed by atoms with Crippen molar-refractivity contribution < 1.29 is 9.53 Å². The molecule has 0 spiro atoms. The van der Waals surface area contributed by atoms with E-state index in [-0.39, 0.29) is 5.91 Å². The maximum absolute atomic E-state index is 13.1. The summed E-state index contributed by atoms with van der Waals surface area (Å²) in [6.45, 7) is 4.38. The molecule has 2 aliphatic heterocycles. The van der Waals surface area contributed by atoms with Crippen LogP contribution >= 0.6 is 0 Å². The van der Waals surface area contributed by atoms with Crippen molar-refractivity contribution in [1.82, 2.24) is 24.2 Å². The van der Waals surface area contributed by atoms with Gasteiger partial charge < -0.3 is 24.7 Å². The molecule has 8 nitrogen and oxygen atoms in total. The van der Waals surface area contributed by atoms with Crippen LogP contribution in [-0.2, 0) is 6.61 Å². The van der Waals surface area contributed by atoms with Gasteiger partial charge in [0, 0.05) is 48.8 Å². The lowest BCUT2D eigenvalue weighted by Gasteiger charge is -2.36. The molecule has 0 radical (unpaired) electrons. The maximum atomic E-state index is 13.1. The Morgan fingerprint density at radius 1 is 1.00 bits per heavy atom. The third kappa shape index (κ3) is 5.02. The molecule has 0 aliphatic carbocycles. The summed E-state index contributed by atoms with van der Waals surface area (Å²) >= 11 is 0. The Hall–Kier alpha value is -3.91. The monoisotopic (exact) mass is 496 g/mol. The van der Waals surface area contributed by atoms with Crippen LogP contribution in [0.15, 0.2) is 67.1 Å². The van der Waals surface area contributed by atoms with Gasteiger partial charge in [0.05, 0.1) is 5.69 Å². The number of aromatic nitrogens is 3. The lowest BCUT2D eigenvalue weighted by Crippen LogP contribution is -2.45. The zero-order chi connectivity index (χ0) is 25.2. The molecule has 0 unspecified atom stereocenters. The van der Waals surface area contributed by atoms with Crippen molar-refractivity contribution in [2.75, 3.05) is 31.9 Å². The number of nitrogen functional groups attached to an aromatic ring is 1. The zero-order valence-electron chi connectivity index (χ0n) is 20.9. The van der Waals surface area contributed by atoms with E-state index in [0.29, 0.717) is 24.2 Å². The summed E-state index contributed by atoms with van der Waals surface area (Å²) in [4.78, 5) is 26.6. The Morgan fingerprint density at radius 2 is 1.78 bits per heavy atom. The van der Waals surface area contributed by atoms with Crippen LogP contribution in [0.3, 0.4) is 0 Å². The lowest BCUT2D eigenvalue weighted by atomic mass is 10.0. The highest BCUT2D eigenvalue weighted by molar-refractivity contribution is 5.94. The zero-order valence-corrected chi connectivity index (χ0v) is 20.9. The number of imidazole rings is 1. The van der Waals surface area contributed by atoms with Gasteiger partial charge in [-0.05, 0) is 74.7 Å². The lowest BCUT2D eigenvalue weighted by molar-refractivity contribution is 0.0644. The fourth-order valence-electron chi connectivity index (χ4n) is 5.47. The van der Waals surface area contributed by atoms with Crippen LogP contribution in [0.1, 0.15) is 41.7 Å². The fraction of sp³-hybridized carbons (Fsp3) is 0.345. The molecule has 37 heavy (non-hydrogen) atoms. The predicted octanol–water partition coefficient (Wildman–Crippen LogP) is 4.26. The molecule has 4 aromatic rings. The molecule has 5 heterocycles. The molecule has 1 aromatic carbocycles. The van der Waals surface area contributed by atoms with Crippen LogP contribution < -0.4 is 10.5 Å². The minimum Gasteiger partial charge on any atom is -0.483 e. The number of hydrogen-bond acceptors (Lipinski definition) is 6. The number of carbonyl (C=O) groups is 1. The maximum Gasteiger partial charge on any atom is 0.253 e. The van der Waals surface area contributed by atoms with Gasteiger partial charge in [-0.2, -0.15) is 0 Å². The van der Waals surface area contributed by atoms with E-state index < -0.39 is 0 Å². The van der Waals surface area contributed by atoms with E-state index in [1.165, 1.54) is 25.9 Å². The smallest absolute Gasteiger partial charge is 0.253 e. The first kappa shape index (κ1) is 23.5. The molecule has 1 amide bonds. The number of nitrogens with two attached hydrogens (primary N) is 1. The second-order valence-electron chi connectivity index (χ2n) is 9.94. The third-order valence-electron chi connectivity index (χ3n) is 7.55. The molecule has 0 saturated carbocycles. The molecule has 0 atom stereocenters. The highest BCUT2D eigenvalue weighted by Crippen LogP contribution is 2.28. The first-order chi connectivity index (χ1) is 18.1. The number of anilines is 1. The number of rotatable bonds is 6. The number of carbonyl (C=O) groups excluding carboxylic acids is 1. The van der Waals surface area contributed by atoms with E-state index in [1.54, 1.807) is 6.20 Å². The van der Waals surface area contributed by atoms with Crippen LogP contribution in [0.5, 0.6) is 5.75 Å². The van der Waals surface area contributed by atoms with Crippen molar-refractivity contribution in [3.8, 4) is 16.9 Å². The number of hydrogen-bond donors (Lipinski definition) is 1. The summed E-state index contributed by atoms with van der Waals surface area (Å²) in [6.07, 6.45) is 10.4. The number of amides is 1. The average Bonchev–Trinajstić information content (AvgIpc) is 3.63. The molecule has 190 valence electrons. The summed E-state index contributed by atoms with van der Waals surface area (Å²) in [5.41, 5.74) is 10.3. The van der Waals surface area contributed by atoms with Crippen molar-refractivity contribution in [2.45, 2.75) is 38.3 Å². The Bertz CT molecular complexity index is 1350. The minimum absolute atomic E-state index is 0.110. The third-order valence-corrected chi connectivity index (χ3v) is 7.55. The van der Waals surface area contributed by atoms with Gasteiger partial charge in [-0.1, -0.05) is 18.2 Å². The number of nitrogens with zero attached hydrogens (tertiary/aromatic N) is 5.